The molecule has 1 aromatic rings. The van der Waals surface area contributed by atoms with Crippen molar-refractivity contribution >= 4 is 21.9 Å². The number of rotatable bonds is 2. The highest BCUT2D eigenvalue weighted by Gasteiger charge is 2.12. The third-order valence-corrected chi connectivity index (χ3v) is 2.80. The van der Waals surface area contributed by atoms with Gasteiger partial charge in [-0.2, -0.15) is 5.26 Å². The molecule has 0 amide bonds. The van der Waals surface area contributed by atoms with Crippen LogP contribution in [0.15, 0.2) is 16.6 Å². The Morgan fingerprint density at radius 1 is 1.60 bits per heavy atom. The highest BCUT2D eigenvalue weighted by Crippen LogP contribution is 2.23. The number of ether oxygens (including phenoxy) is 1. The average Bonchev–Trinajstić information content (AvgIpc) is 2.26. The number of methoxy groups -OCH3 is 1. The molecule has 0 aliphatic rings. The molecule has 0 saturated carbocycles. The quantitative estimate of drug-likeness (QED) is 0.775. The Labute approximate surface area is 96.8 Å². The van der Waals surface area contributed by atoms with Crippen molar-refractivity contribution in [1.29, 1.82) is 5.26 Å². The second-order valence-corrected chi connectivity index (χ2v) is 3.80. The number of carbonyl (C=O) groups is 1. The summed E-state index contributed by atoms with van der Waals surface area (Å²) in [5.74, 6) is -0.435. The molecule has 0 spiro atoms. The Kier molecular flexibility index (Phi) is 3.87. The van der Waals surface area contributed by atoms with Gasteiger partial charge in [0.05, 0.1) is 24.3 Å². The van der Waals surface area contributed by atoms with Crippen molar-refractivity contribution in [2.24, 2.45) is 0 Å². The molecule has 0 atom stereocenters. The molecule has 4 heteroatoms. The molecule has 0 heterocycles. The topological polar surface area (TPSA) is 50.1 Å². The van der Waals surface area contributed by atoms with E-state index < -0.39 is 5.97 Å². The van der Waals surface area contributed by atoms with E-state index in [1.165, 1.54) is 7.11 Å². The van der Waals surface area contributed by atoms with Crippen LogP contribution in [0.25, 0.3) is 0 Å². The maximum atomic E-state index is 11.3. The molecule has 0 bridgehead atoms. The van der Waals surface area contributed by atoms with E-state index in [2.05, 4.69) is 26.7 Å². The maximum absolute atomic E-state index is 11.3. The molecule has 15 heavy (non-hydrogen) atoms. The molecule has 0 N–H and O–H groups in total. The van der Waals surface area contributed by atoms with Gasteiger partial charge in [-0.15, -0.1) is 0 Å². The molecule has 1 rings (SSSR count). The zero-order valence-electron chi connectivity index (χ0n) is 8.50. The molecule has 0 saturated heterocycles. The fraction of sp³-hybridized carbons (Fsp3) is 0.273. The Morgan fingerprint density at radius 2 is 2.27 bits per heavy atom. The van der Waals surface area contributed by atoms with Gasteiger partial charge >= 0.3 is 5.97 Å². The van der Waals surface area contributed by atoms with E-state index in [0.717, 1.165) is 16.5 Å². The van der Waals surface area contributed by atoms with Crippen LogP contribution in [-0.2, 0) is 11.2 Å². The second-order valence-electron chi connectivity index (χ2n) is 2.94. The third-order valence-electron chi connectivity index (χ3n) is 2.09. The molecular formula is C11H10BrNO2. The Balaban J connectivity index is 3.33. The lowest BCUT2D eigenvalue weighted by Gasteiger charge is -2.06. The summed E-state index contributed by atoms with van der Waals surface area (Å²) in [7, 11) is 1.32. The number of hydrogen-bond donors (Lipinski definition) is 0. The highest BCUT2D eigenvalue weighted by molar-refractivity contribution is 9.10. The maximum Gasteiger partial charge on any atom is 0.337 e. The summed E-state index contributed by atoms with van der Waals surface area (Å²) in [5, 5.41) is 8.93. The molecular weight excluding hydrogens is 258 g/mol. The summed E-state index contributed by atoms with van der Waals surface area (Å²) < 4.78 is 5.36. The van der Waals surface area contributed by atoms with Gasteiger partial charge in [0.1, 0.15) is 0 Å². The van der Waals surface area contributed by atoms with Gasteiger partial charge in [-0.1, -0.05) is 22.9 Å². The summed E-state index contributed by atoms with van der Waals surface area (Å²) >= 11 is 3.34. The largest absolute Gasteiger partial charge is 0.465 e. The Bertz CT molecular complexity index is 435. The molecule has 0 unspecified atom stereocenters. The third kappa shape index (κ3) is 2.37. The first-order valence-corrected chi connectivity index (χ1v) is 5.24. The van der Waals surface area contributed by atoms with Gasteiger partial charge in [0.15, 0.2) is 0 Å². The Hall–Kier alpha value is -1.34. The van der Waals surface area contributed by atoms with Crippen LogP contribution in [0.1, 0.15) is 28.4 Å². The van der Waals surface area contributed by atoms with Crippen LogP contribution in [0.3, 0.4) is 0 Å². The van der Waals surface area contributed by atoms with Crippen molar-refractivity contribution in [3.05, 3.63) is 33.3 Å². The number of benzene rings is 1. The standard InChI is InChI=1S/C11H10BrNO2/c1-3-9-8(6-13)4-7(5-10(9)12)11(14)15-2/h4-5H,3H2,1-2H3. The fourth-order valence-electron chi connectivity index (χ4n) is 1.33. The van der Waals surface area contributed by atoms with Gasteiger partial charge in [0.25, 0.3) is 0 Å². The van der Waals surface area contributed by atoms with E-state index in [4.69, 9.17) is 5.26 Å². The van der Waals surface area contributed by atoms with Crippen LogP contribution in [-0.4, -0.2) is 13.1 Å². The van der Waals surface area contributed by atoms with Crippen LogP contribution in [0, 0.1) is 11.3 Å². The number of nitriles is 1. The SMILES string of the molecule is CCc1c(Br)cc(C(=O)OC)cc1C#N. The predicted octanol–water partition coefficient (Wildman–Crippen LogP) is 2.67. The molecule has 0 radical (unpaired) electrons. The molecule has 0 aliphatic heterocycles. The van der Waals surface area contributed by atoms with Gasteiger partial charge in [-0.3, -0.25) is 0 Å². The molecule has 1 aromatic carbocycles. The van der Waals surface area contributed by atoms with E-state index >= 15 is 0 Å². The monoisotopic (exact) mass is 267 g/mol. The normalized spacial score (nSPS) is 9.47. The number of carbonyl (C=O) groups excluding carboxylic acids is 1. The van der Waals surface area contributed by atoms with Gasteiger partial charge in [-0.05, 0) is 24.1 Å². The van der Waals surface area contributed by atoms with Gasteiger partial charge in [-0.25, -0.2) is 4.79 Å². The van der Waals surface area contributed by atoms with Gasteiger partial charge in [0, 0.05) is 4.47 Å². The first-order valence-electron chi connectivity index (χ1n) is 4.44. The zero-order chi connectivity index (χ0) is 11.4. The van der Waals surface area contributed by atoms with Crippen LogP contribution in [0.2, 0.25) is 0 Å². The lowest BCUT2D eigenvalue weighted by Crippen LogP contribution is -2.03. The summed E-state index contributed by atoms with van der Waals surface area (Å²) in [6.07, 6.45) is 0.741. The van der Waals surface area contributed by atoms with Crippen LogP contribution in [0.4, 0.5) is 0 Å². The van der Waals surface area contributed by atoms with E-state index in [0.29, 0.717) is 11.1 Å². The van der Waals surface area contributed by atoms with E-state index in [1.54, 1.807) is 12.1 Å². The van der Waals surface area contributed by atoms with Gasteiger partial charge < -0.3 is 4.74 Å². The summed E-state index contributed by atoms with van der Waals surface area (Å²) in [4.78, 5) is 11.3. The fourth-order valence-corrected chi connectivity index (χ4v) is 2.07. The Morgan fingerprint density at radius 3 is 2.73 bits per heavy atom. The van der Waals surface area contributed by atoms with Crippen molar-refractivity contribution in [1.82, 2.24) is 0 Å². The number of esters is 1. The van der Waals surface area contributed by atoms with E-state index in [-0.39, 0.29) is 0 Å². The van der Waals surface area contributed by atoms with Crippen LogP contribution in [0.5, 0.6) is 0 Å². The minimum atomic E-state index is -0.435. The molecule has 3 nitrogen and oxygen atoms in total. The predicted molar refractivity (Wildman–Crippen MR) is 59.6 cm³/mol. The van der Waals surface area contributed by atoms with Crippen molar-refractivity contribution < 1.29 is 9.53 Å². The van der Waals surface area contributed by atoms with E-state index in [9.17, 15) is 4.79 Å². The summed E-state index contributed by atoms with van der Waals surface area (Å²) in [6.45, 7) is 1.96. The molecule has 0 aromatic heterocycles. The number of nitrogens with zero attached hydrogens (tertiary/aromatic N) is 1. The van der Waals surface area contributed by atoms with Gasteiger partial charge in [0.2, 0.25) is 0 Å². The van der Waals surface area contributed by atoms with Crippen LogP contribution < -0.4 is 0 Å². The highest BCUT2D eigenvalue weighted by atomic mass is 79.9. The second kappa shape index (κ2) is 4.94. The van der Waals surface area contributed by atoms with Crippen molar-refractivity contribution in [3.8, 4) is 6.07 Å². The minimum absolute atomic E-state index is 0.387. The zero-order valence-corrected chi connectivity index (χ0v) is 10.1. The lowest BCUT2D eigenvalue weighted by molar-refractivity contribution is 0.0600. The summed E-state index contributed by atoms with van der Waals surface area (Å²) in [5.41, 5.74) is 1.80. The van der Waals surface area contributed by atoms with Crippen molar-refractivity contribution in [2.45, 2.75) is 13.3 Å². The van der Waals surface area contributed by atoms with Crippen molar-refractivity contribution in [3.63, 3.8) is 0 Å². The van der Waals surface area contributed by atoms with Crippen molar-refractivity contribution in [2.75, 3.05) is 7.11 Å². The van der Waals surface area contributed by atoms with Crippen LogP contribution >= 0.6 is 15.9 Å². The minimum Gasteiger partial charge on any atom is -0.465 e. The smallest absolute Gasteiger partial charge is 0.337 e. The molecule has 78 valence electrons. The van der Waals surface area contributed by atoms with E-state index in [1.807, 2.05) is 6.92 Å². The first-order chi connectivity index (χ1) is 7.13. The molecule has 0 fully saturated rings. The number of halogens is 1. The summed E-state index contributed by atoms with van der Waals surface area (Å²) in [6, 6.07) is 5.29. The molecule has 0 aliphatic carbocycles. The number of hydrogen-bond acceptors (Lipinski definition) is 3. The lowest BCUT2D eigenvalue weighted by atomic mass is 10.0. The average molecular weight is 268 g/mol. The first kappa shape index (κ1) is 11.7.